The normalized spacial score (nSPS) is 11.3. The lowest BCUT2D eigenvalue weighted by molar-refractivity contribution is -0.153. The van der Waals surface area contributed by atoms with Crippen molar-refractivity contribution in [3.05, 3.63) is 0 Å². The second kappa shape index (κ2) is 22.7. The molecule has 0 spiro atoms. The Balaban J connectivity index is 4.70. The van der Waals surface area contributed by atoms with E-state index in [0.717, 1.165) is 19.3 Å². The van der Waals surface area contributed by atoms with E-state index in [1.807, 2.05) is 6.92 Å². The van der Waals surface area contributed by atoms with Gasteiger partial charge in [0.25, 0.3) is 0 Å². The summed E-state index contributed by atoms with van der Waals surface area (Å²) in [4.78, 5) is 36.2. The maximum absolute atomic E-state index is 12.2. The molecule has 206 valence electrons. The average Bonchev–Trinajstić information content (AvgIpc) is 2.85. The lowest BCUT2D eigenvalue weighted by Crippen LogP contribution is -2.32. The summed E-state index contributed by atoms with van der Waals surface area (Å²) in [6.45, 7) is 2.84. The lowest BCUT2D eigenvalue weighted by atomic mass is 9.80. The summed E-state index contributed by atoms with van der Waals surface area (Å²) >= 11 is 0. The summed E-state index contributed by atoms with van der Waals surface area (Å²) in [5.74, 6) is -0.881. The Morgan fingerprint density at radius 1 is 0.571 bits per heavy atom. The van der Waals surface area contributed by atoms with Crippen LogP contribution >= 0.6 is 0 Å². The zero-order valence-corrected chi connectivity index (χ0v) is 21.6. The molecular weight excluding hydrogens is 456 g/mol. The van der Waals surface area contributed by atoms with Gasteiger partial charge in [-0.25, -0.2) is 0 Å². The first kappa shape index (κ1) is 33.3. The Kier molecular flexibility index (Phi) is 21.6. The van der Waals surface area contributed by atoms with Crippen molar-refractivity contribution in [1.82, 2.24) is 0 Å². The maximum Gasteiger partial charge on any atom is 0.305 e. The standard InChI is InChI=1S/C26H48O9/c1-2-26(22-35-25(32)14-8-5-11-19-29,15-20-33-23(30)12-6-3-9-17-27)16-21-34-24(31)13-7-4-10-18-28/h27-29H,2-22H2,1H3. The highest BCUT2D eigenvalue weighted by Crippen LogP contribution is 2.32. The van der Waals surface area contributed by atoms with E-state index in [4.69, 9.17) is 29.5 Å². The van der Waals surface area contributed by atoms with Gasteiger partial charge in [0, 0.05) is 44.5 Å². The van der Waals surface area contributed by atoms with E-state index in [1.165, 1.54) is 0 Å². The molecule has 0 aromatic rings. The fourth-order valence-electron chi connectivity index (χ4n) is 3.61. The predicted molar refractivity (Wildman–Crippen MR) is 131 cm³/mol. The van der Waals surface area contributed by atoms with Crippen LogP contribution in [-0.2, 0) is 28.6 Å². The van der Waals surface area contributed by atoms with Crippen molar-refractivity contribution < 1.29 is 43.9 Å². The fraction of sp³-hybridized carbons (Fsp3) is 0.885. The van der Waals surface area contributed by atoms with Gasteiger partial charge in [0.15, 0.2) is 0 Å². The van der Waals surface area contributed by atoms with Crippen molar-refractivity contribution >= 4 is 17.9 Å². The molecule has 0 atom stereocenters. The van der Waals surface area contributed by atoms with Crippen LogP contribution in [0.4, 0.5) is 0 Å². The molecule has 0 rings (SSSR count). The van der Waals surface area contributed by atoms with Crippen molar-refractivity contribution in [2.24, 2.45) is 5.41 Å². The van der Waals surface area contributed by atoms with E-state index >= 15 is 0 Å². The molecule has 0 amide bonds. The van der Waals surface area contributed by atoms with Crippen molar-refractivity contribution in [3.8, 4) is 0 Å². The van der Waals surface area contributed by atoms with Crippen LogP contribution in [-0.4, -0.2) is 72.9 Å². The molecular formula is C26H48O9. The minimum Gasteiger partial charge on any atom is -0.466 e. The Hall–Kier alpha value is -1.71. The van der Waals surface area contributed by atoms with Gasteiger partial charge in [-0.15, -0.1) is 0 Å². The third-order valence-corrected chi connectivity index (χ3v) is 6.20. The van der Waals surface area contributed by atoms with Crippen molar-refractivity contribution in [3.63, 3.8) is 0 Å². The lowest BCUT2D eigenvalue weighted by Gasteiger charge is -2.32. The molecule has 0 aromatic carbocycles. The monoisotopic (exact) mass is 504 g/mol. The zero-order valence-electron chi connectivity index (χ0n) is 21.6. The Morgan fingerprint density at radius 2 is 0.943 bits per heavy atom. The van der Waals surface area contributed by atoms with Gasteiger partial charge in [0.05, 0.1) is 19.8 Å². The van der Waals surface area contributed by atoms with E-state index < -0.39 is 5.41 Å². The first-order chi connectivity index (χ1) is 16.9. The number of aliphatic hydroxyl groups excluding tert-OH is 3. The highest BCUT2D eigenvalue weighted by molar-refractivity contribution is 5.70. The SMILES string of the molecule is CCC(CCOC(=O)CCCCCO)(CCOC(=O)CCCCCO)COC(=O)CCCCCO. The molecule has 0 saturated carbocycles. The first-order valence-corrected chi connectivity index (χ1v) is 13.2. The Morgan fingerprint density at radius 3 is 1.29 bits per heavy atom. The van der Waals surface area contributed by atoms with E-state index in [1.54, 1.807) is 0 Å². The number of rotatable bonds is 24. The molecule has 9 nitrogen and oxygen atoms in total. The second-order valence-corrected chi connectivity index (χ2v) is 9.06. The van der Waals surface area contributed by atoms with Gasteiger partial charge in [-0.2, -0.15) is 0 Å². The van der Waals surface area contributed by atoms with Crippen LogP contribution in [0.2, 0.25) is 0 Å². The van der Waals surface area contributed by atoms with E-state index in [9.17, 15) is 14.4 Å². The van der Waals surface area contributed by atoms with Crippen LogP contribution in [0.3, 0.4) is 0 Å². The highest BCUT2D eigenvalue weighted by Gasteiger charge is 2.31. The van der Waals surface area contributed by atoms with Gasteiger partial charge >= 0.3 is 17.9 Å². The summed E-state index contributed by atoms with van der Waals surface area (Å²) in [6, 6.07) is 0. The topological polar surface area (TPSA) is 140 Å². The summed E-state index contributed by atoms with van der Waals surface area (Å²) in [5, 5.41) is 26.5. The van der Waals surface area contributed by atoms with Crippen LogP contribution in [0.5, 0.6) is 0 Å². The Bertz CT molecular complexity index is 521. The van der Waals surface area contributed by atoms with Crippen molar-refractivity contribution in [2.45, 2.75) is 103 Å². The van der Waals surface area contributed by atoms with Gasteiger partial charge in [0.2, 0.25) is 0 Å². The highest BCUT2D eigenvalue weighted by atomic mass is 16.5. The van der Waals surface area contributed by atoms with Crippen molar-refractivity contribution in [2.75, 3.05) is 39.6 Å². The van der Waals surface area contributed by atoms with E-state index in [2.05, 4.69) is 0 Å². The summed E-state index contributed by atoms with van der Waals surface area (Å²) in [7, 11) is 0. The molecule has 0 fully saturated rings. The van der Waals surface area contributed by atoms with Crippen LogP contribution < -0.4 is 0 Å². The van der Waals surface area contributed by atoms with Gasteiger partial charge in [0.1, 0.15) is 0 Å². The Labute approximate surface area is 210 Å². The molecule has 3 N–H and O–H groups in total. The summed E-state index contributed by atoms with van der Waals surface area (Å²) < 4.78 is 16.3. The number of unbranched alkanes of at least 4 members (excludes halogenated alkanes) is 6. The smallest absolute Gasteiger partial charge is 0.305 e. The quantitative estimate of drug-likeness (QED) is 0.102. The number of esters is 3. The molecule has 0 unspecified atom stereocenters. The summed E-state index contributed by atoms with van der Waals surface area (Å²) in [6.07, 6.45) is 8.78. The molecule has 0 bridgehead atoms. The van der Waals surface area contributed by atoms with Crippen LogP contribution in [0, 0.1) is 5.41 Å². The van der Waals surface area contributed by atoms with Gasteiger partial charge in [-0.05, 0) is 57.8 Å². The van der Waals surface area contributed by atoms with Crippen molar-refractivity contribution in [1.29, 1.82) is 0 Å². The van der Waals surface area contributed by atoms with Gasteiger partial charge in [-0.1, -0.05) is 26.2 Å². The number of carbonyl (C=O) groups is 3. The molecule has 35 heavy (non-hydrogen) atoms. The van der Waals surface area contributed by atoms with Crippen LogP contribution in [0.15, 0.2) is 0 Å². The van der Waals surface area contributed by atoms with E-state index in [-0.39, 0.29) is 64.0 Å². The number of ether oxygens (including phenoxy) is 3. The molecule has 0 radical (unpaired) electrons. The number of hydrogen-bond donors (Lipinski definition) is 3. The number of carbonyl (C=O) groups excluding carboxylic acids is 3. The number of hydrogen-bond acceptors (Lipinski definition) is 9. The fourth-order valence-corrected chi connectivity index (χ4v) is 3.61. The van der Waals surface area contributed by atoms with E-state index in [0.29, 0.717) is 70.6 Å². The van der Waals surface area contributed by atoms with Gasteiger partial charge < -0.3 is 29.5 Å². The average molecular weight is 505 g/mol. The molecule has 0 aromatic heterocycles. The molecule has 0 aliphatic rings. The predicted octanol–water partition coefficient (Wildman–Crippen LogP) is 3.45. The molecule has 0 saturated heterocycles. The largest absolute Gasteiger partial charge is 0.466 e. The third kappa shape index (κ3) is 19.2. The molecule has 0 aliphatic heterocycles. The second-order valence-electron chi connectivity index (χ2n) is 9.06. The summed E-state index contributed by atoms with van der Waals surface area (Å²) in [5.41, 5.74) is -0.477. The van der Waals surface area contributed by atoms with Gasteiger partial charge in [-0.3, -0.25) is 14.4 Å². The van der Waals surface area contributed by atoms with Crippen LogP contribution in [0.25, 0.3) is 0 Å². The maximum atomic E-state index is 12.2. The minimum absolute atomic E-state index is 0.105. The molecule has 9 heteroatoms. The van der Waals surface area contributed by atoms with Crippen LogP contribution in [0.1, 0.15) is 103 Å². The minimum atomic E-state index is -0.477. The molecule has 0 heterocycles. The number of aliphatic hydroxyl groups is 3. The third-order valence-electron chi connectivity index (χ3n) is 6.20. The first-order valence-electron chi connectivity index (χ1n) is 13.2. The zero-order chi connectivity index (χ0) is 26.2. The molecule has 0 aliphatic carbocycles.